The third kappa shape index (κ3) is 4.24. The first kappa shape index (κ1) is 16.8. The molecular weight excluding hydrogens is 230 g/mol. The summed E-state index contributed by atoms with van der Waals surface area (Å²) in [4.78, 5) is 36.2. The van der Waals surface area contributed by atoms with Gasteiger partial charge in [-0.1, -0.05) is 41.5 Å². The zero-order valence-corrected chi connectivity index (χ0v) is 12.5. The molecule has 0 aliphatic rings. The molecule has 4 nitrogen and oxygen atoms in total. The van der Waals surface area contributed by atoms with Gasteiger partial charge in [0.2, 0.25) is 11.8 Å². The van der Waals surface area contributed by atoms with Gasteiger partial charge in [-0.15, -0.1) is 0 Å². The van der Waals surface area contributed by atoms with Crippen molar-refractivity contribution >= 4 is 18.1 Å². The van der Waals surface area contributed by atoms with Gasteiger partial charge >= 0.3 is 0 Å². The number of aldehydes is 1. The molecule has 104 valence electrons. The average molecular weight is 255 g/mol. The SMILES string of the molecule is CN(C(=O)C(CC=O)C(C)(C)C)C(=O)C(C)(C)C. The van der Waals surface area contributed by atoms with Crippen molar-refractivity contribution in [2.45, 2.75) is 48.0 Å². The molecule has 2 amide bonds. The van der Waals surface area contributed by atoms with E-state index >= 15 is 0 Å². The molecule has 0 N–H and O–H groups in total. The Labute approximate surface area is 110 Å². The number of amides is 2. The van der Waals surface area contributed by atoms with E-state index in [0.29, 0.717) is 0 Å². The van der Waals surface area contributed by atoms with Crippen LogP contribution in [0.3, 0.4) is 0 Å². The Morgan fingerprint density at radius 3 is 1.83 bits per heavy atom. The summed E-state index contributed by atoms with van der Waals surface area (Å²) in [6.07, 6.45) is 0.882. The highest BCUT2D eigenvalue weighted by Gasteiger charge is 2.37. The Morgan fingerprint density at radius 1 is 1.11 bits per heavy atom. The fourth-order valence-electron chi connectivity index (χ4n) is 1.76. The molecule has 0 aromatic carbocycles. The van der Waals surface area contributed by atoms with Gasteiger partial charge in [-0.3, -0.25) is 14.5 Å². The van der Waals surface area contributed by atoms with Crippen molar-refractivity contribution in [2.75, 3.05) is 7.05 Å². The Morgan fingerprint density at radius 2 is 1.56 bits per heavy atom. The van der Waals surface area contributed by atoms with Crippen LogP contribution in [0.15, 0.2) is 0 Å². The third-order valence-electron chi connectivity index (χ3n) is 2.95. The Hall–Kier alpha value is -1.19. The van der Waals surface area contributed by atoms with Gasteiger partial charge in [0.05, 0.1) is 5.92 Å². The predicted octanol–water partition coefficient (Wildman–Crippen LogP) is 2.27. The standard InChI is InChI=1S/C14H25NO3/c1-13(2,3)10(8-9-16)11(17)15(7)12(18)14(4,5)6/h9-10H,8H2,1-7H3. The number of imide groups is 1. The molecule has 0 aromatic rings. The first-order chi connectivity index (χ1) is 7.92. The van der Waals surface area contributed by atoms with E-state index in [0.717, 1.165) is 11.2 Å². The summed E-state index contributed by atoms with van der Waals surface area (Å²) in [6.45, 7) is 11.0. The van der Waals surface area contributed by atoms with Gasteiger partial charge in [0, 0.05) is 18.9 Å². The molecular formula is C14H25NO3. The number of carbonyl (C=O) groups excluding carboxylic acids is 3. The monoisotopic (exact) mass is 255 g/mol. The van der Waals surface area contributed by atoms with Gasteiger partial charge in [-0.2, -0.15) is 0 Å². The average Bonchev–Trinajstić information content (AvgIpc) is 2.19. The molecule has 0 saturated heterocycles. The zero-order valence-electron chi connectivity index (χ0n) is 12.5. The molecule has 0 spiro atoms. The van der Waals surface area contributed by atoms with Gasteiger partial charge in [0.25, 0.3) is 0 Å². The van der Waals surface area contributed by atoms with Crippen LogP contribution in [-0.4, -0.2) is 30.0 Å². The lowest BCUT2D eigenvalue weighted by atomic mass is 9.78. The largest absolute Gasteiger partial charge is 0.303 e. The number of hydrogen-bond acceptors (Lipinski definition) is 3. The van der Waals surface area contributed by atoms with E-state index in [1.807, 2.05) is 20.8 Å². The minimum Gasteiger partial charge on any atom is -0.303 e. The smallest absolute Gasteiger partial charge is 0.234 e. The lowest BCUT2D eigenvalue weighted by Gasteiger charge is -2.33. The minimum absolute atomic E-state index is 0.143. The first-order valence-corrected chi connectivity index (χ1v) is 6.18. The van der Waals surface area contributed by atoms with E-state index in [4.69, 9.17) is 0 Å². The summed E-state index contributed by atoms with van der Waals surface area (Å²) < 4.78 is 0. The summed E-state index contributed by atoms with van der Waals surface area (Å²) in [7, 11) is 1.49. The number of carbonyl (C=O) groups is 3. The van der Waals surface area contributed by atoms with Crippen LogP contribution in [0.2, 0.25) is 0 Å². The minimum atomic E-state index is -0.603. The van der Waals surface area contributed by atoms with Crippen LogP contribution >= 0.6 is 0 Å². The summed E-state index contributed by atoms with van der Waals surface area (Å²) in [5.41, 5.74) is -0.946. The molecule has 0 aliphatic heterocycles. The number of nitrogens with zero attached hydrogens (tertiary/aromatic N) is 1. The first-order valence-electron chi connectivity index (χ1n) is 6.18. The lowest BCUT2D eigenvalue weighted by molar-refractivity contribution is -0.153. The van der Waals surface area contributed by atoms with Crippen LogP contribution in [0.4, 0.5) is 0 Å². The maximum Gasteiger partial charge on any atom is 0.234 e. The van der Waals surface area contributed by atoms with Crippen LogP contribution in [0.5, 0.6) is 0 Å². The second kappa shape index (κ2) is 5.63. The van der Waals surface area contributed by atoms with Gasteiger partial charge < -0.3 is 4.79 Å². The molecule has 18 heavy (non-hydrogen) atoms. The van der Waals surface area contributed by atoms with E-state index in [2.05, 4.69) is 0 Å². The second-order valence-electron chi connectivity index (χ2n) is 6.77. The molecule has 0 fully saturated rings. The number of hydrogen-bond donors (Lipinski definition) is 0. The molecule has 0 aromatic heterocycles. The highest BCUT2D eigenvalue weighted by Crippen LogP contribution is 2.30. The molecule has 1 unspecified atom stereocenters. The molecule has 0 rings (SSSR count). The maximum absolute atomic E-state index is 12.3. The van der Waals surface area contributed by atoms with E-state index in [1.165, 1.54) is 7.05 Å². The van der Waals surface area contributed by atoms with Crippen LogP contribution in [-0.2, 0) is 14.4 Å². The van der Waals surface area contributed by atoms with E-state index < -0.39 is 11.3 Å². The van der Waals surface area contributed by atoms with Crippen molar-refractivity contribution in [1.82, 2.24) is 4.90 Å². The van der Waals surface area contributed by atoms with Crippen molar-refractivity contribution in [2.24, 2.45) is 16.7 Å². The van der Waals surface area contributed by atoms with Crippen LogP contribution < -0.4 is 0 Å². The van der Waals surface area contributed by atoms with Gasteiger partial charge in [0.1, 0.15) is 6.29 Å². The maximum atomic E-state index is 12.3. The summed E-state index contributed by atoms with van der Waals surface area (Å²) >= 11 is 0. The Bertz CT molecular complexity index is 334. The lowest BCUT2D eigenvalue weighted by Crippen LogP contribution is -2.46. The fourth-order valence-corrected chi connectivity index (χ4v) is 1.76. The topological polar surface area (TPSA) is 54.5 Å². The van der Waals surface area contributed by atoms with Crippen molar-refractivity contribution in [3.8, 4) is 0 Å². The Balaban J connectivity index is 5.11. The summed E-state index contributed by atoms with van der Waals surface area (Å²) in [5.74, 6) is -0.978. The van der Waals surface area contributed by atoms with Crippen molar-refractivity contribution in [3.63, 3.8) is 0 Å². The van der Waals surface area contributed by atoms with Crippen LogP contribution in [0.25, 0.3) is 0 Å². The molecule has 4 heteroatoms. The van der Waals surface area contributed by atoms with Gasteiger partial charge in [-0.05, 0) is 5.41 Å². The fraction of sp³-hybridized carbons (Fsp3) is 0.786. The predicted molar refractivity (Wildman–Crippen MR) is 70.9 cm³/mol. The normalized spacial score (nSPS) is 13.9. The van der Waals surface area contributed by atoms with Crippen molar-refractivity contribution in [1.29, 1.82) is 0 Å². The molecule has 1 atom stereocenters. The van der Waals surface area contributed by atoms with Gasteiger partial charge in [0.15, 0.2) is 0 Å². The highest BCUT2D eigenvalue weighted by atomic mass is 16.2. The van der Waals surface area contributed by atoms with Crippen molar-refractivity contribution in [3.05, 3.63) is 0 Å². The number of rotatable bonds is 3. The van der Waals surface area contributed by atoms with E-state index in [-0.39, 0.29) is 23.7 Å². The van der Waals surface area contributed by atoms with E-state index in [1.54, 1.807) is 20.8 Å². The highest BCUT2D eigenvalue weighted by molar-refractivity contribution is 5.99. The molecule has 0 heterocycles. The van der Waals surface area contributed by atoms with Crippen LogP contribution in [0.1, 0.15) is 48.0 Å². The molecule has 0 radical (unpaired) electrons. The molecule has 0 bridgehead atoms. The molecule has 0 saturated carbocycles. The van der Waals surface area contributed by atoms with Gasteiger partial charge in [-0.25, -0.2) is 0 Å². The summed E-state index contributed by atoms with van der Waals surface area (Å²) in [5, 5.41) is 0. The second-order valence-corrected chi connectivity index (χ2v) is 6.77. The van der Waals surface area contributed by atoms with Crippen molar-refractivity contribution < 1.29 is 14.4 Å². The third-order valence-corrected chi connectivity index (χ3v) is 2.95. The molecule has 0 aliphatic carbocycles. The van der Waals surface area contributed by atoms with E-state index in [9.17, 15) is 14.4 Å². The Kier molecular flexibility index (Phi) is 5.26. The zero-order chi connectivity index (χ0) is 14.7. The van der Waals surface area contributed by atoms with Crippen LogP contribution in [0, 0.1) is 16.7 Å². The quantitative estimate of drug-likeness (QED) is 0.727. The summed E-state index contributed by atoms with van der Waals surface area (Å²) in [6, 6.07) is 0.